The molecular weight excluding hydrogens is 423 g/mol. The van der Waals surface area contributed by atoms with Gasteiger partial charge in [0.1, 0.15) is 10.6 Å². The molecule has 1 aromatic heterocycles. The number of nitrogens with zero attached hydrogens (tertiary/aromatic N) is 2. The number of halogens is 2. The molecule has 2 aromatic carbocycles. The zero-order valence-corrected chi connectivity index (χ0v) is 16.0. The molecule has 0 saturated heterocycles. The fourth-order valence-corrected chi connectivity index (χ4v) is 2.93. The van der Waals surface area contributed by atoms with Crippen molar-refractivity contribution in [3.63, 3.8) is 0 Å². The molecule has 148 valence electrons. The molecule has 3 rings (SSSR count). The minimum absolute atomic E-state index is 0.0642. The lowest BCUT2D eigenvalue weighted by atomic mass is 10.2. The molecule has 0 spiro atoms. The molecule has 0 bridgehead atoms. The Morgan fingerprint density at radius 2 is 1.86 bits per heavy atom. The Balaban J connectivity index is 1.94. The third kappa shape index (κ3) is 4.36. The minimum Gasteiger partial charge on any atom is -0.322 e. The Kier molecular flexibility index (Phi) is 5.81. The summed E-state index contributed by atoms with van der Waals surface area (Å²) in [6.45, 7) is -0.138. The Hall–Kier alpha value is -3.43. The predicted molar refractivity (Wildman–Crippen MR) is 108 cm³/mol. The summed E-state index contributed by atoms with van der Waals surface area (Å²) < 4.78 is 0.834. The molecule has 0 aliphatic heterocycles. The van der Waals surface area contributed by atoms with Gasteiger partial charge < -0.3 is 10.3 Å². The maximum atomic E-state index is 12.7. The second-order valence-corrected chi connectivity index (χ2v) is 6.68. The molecule has 0 aliphatic rings. The predicted octanol–water partition coefficient (Wildman–Crippen LogP) is 3.05. The standard InChI is InChI=1S/C18H12Cl2N4O5/c19-13-4-2-1-3-10(13)9-23-17(26)12(8-21-18(23)27)16(25)22-11-5-6-14(20)15(7-11)24(28)29/h1-8H,9H2,(H,21,27)(H,22,25). The van der Waals surface area contributed by atoms with Gasteiger partial charge in [0, 0.05) is 23.0 Å². The van der Waals surface area contributed by atoms with Gasteiger partial charge in [0.25, 0.3) is 17.2 Å². The van der Waals surface area contributed by atoms with Crippen LogP contribution in [0.15, 0.2) is 58.3 Å². The fraction of sp³-hybridized carbons (Fsp3) is 0.0556. The van der Waals surface area contributed by atoms with Crippen LogP contribution in [-0.2, 0) is 6.54 Å². The molecule has 11 heteroatoms. The van der Waals surface area contributed by atoms with Crippen molar-refractivity contribution in [3.8, 4) is 0 Å². The average molecular weight is 435 g/mol. The molecule has 9 nitrogen and oxygen atoms in total. The van der Waals surface area contributed by atoms with Crippen LogP contribution in [0, 0.1) is 10.1 Å². The van der Waals surface area contributed by atoms with Crippen LogP contribution in [0.3, 0.4) is 0 Å². The van der Waals surface area contributed by atoms with Crippen molar-refractivity contribution in [2.75, 3.05) is 5.32 Å². The molecule has 0 fully saturated rings. The Morgan fingerprint density at radius 1 is 1.14 bits per heavy atom. The zero-order valence-electron chi connectivity index (χ0n) is 14.5. The summed E-state index contributed by atoms with van der Waals surface area (Å²) in [7, 11) is 0. The summed E-state index contributed by atoms with van der Waals surface area (Å²) in [5.41, 5.74) is -1.72. The van der Waals surface area contributed by atoms with Crippen LogP contribution in [0.2, 0.25) is 10.0 Å². The van der Waals surface area contributed by atoms with E-state index in [-0.39, 0.29) is 22.8 Å². The van der Waals surface area contributed by atoms with Crippen LogP contribution >= 0.6 is 23.2 Å². The number of nitrogens with one attached hydrogen (secondary N) is 2. The topological polar surface area (TPSA) is 127 Å². The van der Waals surface area contributed by atoms with Crippen LogP contribution in [0.25, 0.3) is 0 Å². The van der Waals surface area contributed by atoms with E-state index >= 15 is 0 Å². The van der Waals surface area contributed by atoms with Crippen molar-refractivity contribution in [1.29, 1.82) is 0 Å². The summed E-state index contributed by atoms with van der Waals surface area (Å²) in [4.78, 5) is 49.9. The number of H-pyrrole nitrogens is 1. The van der Waals surface area contributed by atoms with Crippen molar-refractivity contribution in [1.82, 2.24) is 9.55 Å². The van der Waals surface area contributed by atoms with E-state index in [1.165, 1.54) is 12.1 Å². The van der Waals surface area contributed by atoms with E-state index in [0.29, 0.717) is 10.6 Å². The Bertz CT molecular complexity index is 1240. The van der Waals surface area contributed by atoms with Gasteiger partial charge in [-0.1, -0.05) is 41.4 Å². The number of carbonyl (C=O) groups excluding carboxylic acids is 1. The molecule has 3 aromatic rings. The quantitative estimate of drug-likeness (QED) is 0.471. The molecule has 0 radical (unpaired) electrons. The Morgan fingerprint density at radius 3 is 2.55 bits per heavy atom. The van der Waals surface area contributed by atoms with Gasteiger partial charge in [-0.2, -0.15) is 0 Å². The van der Waals surface area contributed by atoms with Gasteiger partial charge in [0.2, 0.25) is 0 Å². The average Bonchev–Trinajstić information content (AvgIpc) is 2.67. The highest BCUT2D eigenvalue weighted by molar-refractivity contribution is 6.32. The van der Waals surface area contributed by atoms with E-state index in [4.69, 9.17) is 23.2 Å². The van der Waals surface area contributed by atoms with Crippen molar-refractivity contribution in [2.24, 2.45) is 0 Å². The summed E-state index contributed by atoms with van der Waals surface area (Å²) in [5, 5.41) is 13.6. The van der Waals surface area contributed by atoms with Gasteiger partial charge in [-0.05, 0) is 23.8 Å². The normalized spacial score (nSPS) is 10.6. The van der Waals surface area contributed by atoms with E-state index in [1.807, 2.05) is 0 Å². The van der Waals surface area contributed by atoms with Crippen molar-refractivity contribution >= 4 is 40.5 Å². The third-order valence-corrected chi connectivity index (χ3v) is 4.68. The highest BCUT2D eigenvalue weighted by atomic mass is 35.5. The highest BCUT2D eigenvalue weighted by Gasteiger charge is 2.18. The lowest BCUT2D eigenvalue weighted by molar-refractivity contribution is -0.384. The van der Waals surface area contributed by atoms with Crippen LogP contribution in [0.5, 0.6) is 0 Å². The summed E-state index contributed by atoms with van der Waals surface area (Å²) in [5.74, 6) is -0.851. The maximum absolute atomic E-state index is 12.7. The van der Waals surface area contributed by atoms with E-state index in [1.54, 1.807) is 24.3 Å². The number of benzene rings is 2. The van der Waals surface area contributed by atoms with E-state index in [9.17, 15) is 24.5 Å². The molecule has 0 atom stereocenters. The molecule has 2 N–H and O–H groups in total. The number of nitro groups is 1. The minimum atomic E-state index is -0.851. The van der Waals surface area contributed by atoms with E-state index in [2.05, 4.69) is 10.3 Å². The monoisotopic (exact) mass is 434 g/mol. The molecule has 0 unspecified atom stereocenters. The van der Waals surface area contributed by atoms with Gasteiger partial charge in [-0.3, -0.25) is 24.3 Å². The molecule has 1 heterocycles. The number of hydrogen-bond donors (Lipinski definition) is 2. The number of amides is 1. The smallest absolute Gasteiger partial charge is 0.322 e. The van der Waals surface area contributed by atoms with Crippen molar-refractivity contribution in [2.45, 2.75) is 6.54 Å². The summed E-state index contributed by atoms with van der Waals surface area (Å²) in [6.07, 6.45) is 0.980. The Labute approximate surface area is 172 Å². The lowest BCUT2D eigenvalue weighted by Crippen LogP contribution is -2.39. The summed E-state index contributed by atoms with van der Waals surface area (Å²) in [6, 6.07) is 10.3. The maximum Gasteiger partial charge on any atom is 0.328 e. The number of aromatic nitrogens is 2. The molecule has 1 amide bonds. The van der Waals surface area contributed by atoms with Crippen LogP contribution in [0.4, 0.5) is 11.4 Å². The number of anilines is 1. The summed E-state index contributed by atoms with van der Waals surface area (Å²) >= 11 is 11.8. The first kappa shape index (κ1) is 20.3. The van der Waals surface area contributed by atoms with Crippen LogP contribution < -0.4 is 16.6 Å². The number of nitro benzene ring substituents is 1. The van der Waals surface area contributed by atoms with Crippen LogP contribution in [-0.4, -0.2) is 20.4 Å². The highest BCUT2D eigenvalue weighted by Crippen LogP contribution is 2.27. The number of rotatable bonds is 5. The molecule has 29 heavy (non-hydrogen) atoms. The first-order chi connectivity index (χ1) is 13.8. The van der Waals surface area contributed by atoms with Gasteiger partial charge in [0.15, 0.2) is 0 Å². The van der Waals surface area contributed by atoms with Crippen molar-refractivity contribution < 1.29 is 9.72 Å². The largest absolute Gasteiger partial charge is 0.328 e. The van der Waals surface area contributed by atoms with Crippen molar-refractivity contribution in [3.05, 3.63) is 101 Å². The first-order valence-electron chi connectivity index (χ1n) is 8.09. The molecule has 0 aliphatic carbocycles. The number of carbonyl (C=O) groups is 1. The fourth-order valence-electron chi connectivity index (χ4n) is 2.54. The second kappa shape index (κ2) is 8.29. The second-order valence-electron chi connectivity index (χ2n) is 5.87. The van der Waals surface area contributed by atoms with Crippen LogP contribution in [0.1, 0.15) is 15.9 Å². The van der Waals surface area contributed by atoms with Gasteiger partial charge in [0.05, 0.1) is 11.5 Å². The van der Waals surface area contributed by atoms with Gasteiger partial charge in [-0.15, -0.1) is 0 Å². The zero-order chi connectivity index (χ0) is 21.1. The lowest BCUT2D eigenvalue weighted by Gasteiger charge is -2.09. The molecular formula is C18H12Cl2N4O5. The molecule has 0 saturated carbocycles. The number of aromatic amines is 1. The first-order valence-corrected chi connectivity index (χ1v) is 8.84. The SMILES string of the molecule is O=C(Nc1ccc(Cl)c([N+](=O)[O-])c1)c1c[nH]c(=O)n(Cc2ccccc2Cl)c1=O. The van der Waals surface area contributed by atoms with Gasteiger partial charge in [-0.25, -0.2) is 4.79 Å². The van der Waals surface area contributed by atoms with Gasteiger partial charge >= 0.3 is 5.69 Å². The van der Waals surface area contributed by atoms with E-state index < -0.39 is 27.8 Å². The third-order valence-electron chi connectivity index (χ3n) is 3.99. The number of hydrogen-bond acceptors (Lipinski definition) is 5. The van der Waals surface area contributed by atoms with E-state index in [0.717, 1.165) is 16.8 Å².